The highest BCUT2D eigenvalue weighted by Crippen LogP contribution is 2.21. The first kappa shape index (κ1) is 17.1. The molecule has 9 heteroatoms. The normalized spacial score (nSPS) is 10.3. The number of hydrogen-bond acceptors (Lipinski definition) is 6. The van der Waals surface area contributed by atoms with E-state index in [1.54, 1.807) is 13.8 Å². The summed E-state index contributed by atoms with van der Waals surface area (Å²) in [5.41, 5.74) is -0.574. The number of anilines is 1. The summed E-state index contributed by atoms with van der Waals surface area (Å²) in [6.45, 7) is 2.55. The van der Waals surface area contributed by atoms with Crippen LogP contribution in [0.5, 0.6) is 0 Å². The van der Waals surface area contributed by atoms with E-state index in [1.165, 1.54) is 6.07 Å². The summed E-state index contributed by atoms with van der Waals surface area (Å²) in [5, 5.41) is 12.8. The lowest BCUT2D eigenvalue weighted by atomic mass is 10.2. The molecule has 2 rings (SSSR count). The Balaban J connectivity index is 1.99. The molecule has 1 aromatic heterocycles. The highest BCUT2D eigenvalue weighted by Gasteiger charge is 2.18. The highest BCUT2D eigenvalue weighted by atomic mass is 19.1. The lowest BCUT2D eigenvalue weighted by Crippen LogP contribution is -2.21. The SMILES string of the molecule is Cc1cc(C(=O)OCC(=O)Nc2cc([N+](=O)[O-])ccc2F)c(C)o1. The number of aryl methyl sites for hydroxylation is 2. The van der Waals surface area contributed by atoms with Crippen LogP contribution in [0.15, 0.2) is 28.7 Å². The number of nitro groups is 1. The van der Waals surface area contributed by atoms with Gasteiger partial charge in [0, 0.05) is 12.1 Å². The summed E-state index contributed by atoms with van der Waals surface area (Å²) in [5.74, 6) is -1.58. The minimum atomic E-state index is -0.846. The summed E-state index contributed by atoms with van der Waals surface area (Å²) in [4.78, 5) is 33.5. The van der Waals surface area contributed by atoms with Crippen molar-refractivity contribution in [2.45, 2.75) is 13.8 Å². The van der Waals surface area contributed by atoms with Crippen molar-refractivity contribution in [3.05, 3.63) is 57.3 Å². The molecule has 126 valence electrons. The van der Waals surface area contributed by atoms with Crippen LogP contribution in [-0.2, 0) is 9.53 Å². The van der Waals surface area contributed by atoms with Crippen molar-refractivity contribution in [1.82, 2.24) is 0 Å². The van der Waals surface area contributed by atoms with E-state index in [2.05, 4.69) is 5.32 Å². The fourth-order valence-corrected chi connectivity index (χ4v) is 1.95. The van der Waals surface area contributed by atoms with E-state index >= 15 is 0 Å². The Kier molecular flexibility index (Phi) is 4.93. The van der Waals surface area contributed by atoms with Crippen LogP contribution >= 0.6 is 0 Å². The second kappa shape index (κ2) is 6.90. The van der Waals surface area contributed by atoms with Crippen LogP contribution in [0.25, 0.3) is 0 Å². The van der Waals surface area contributed by atoms with E-state index in [4.69, 9.17) is 9.15 Å². The zero-order valence-corrected chi connectivity index (χ0v) is 12.8. The van der Waals surface area contributed by atoms with E-state index < -0.39 is 29.2 Å². The number of non-ortho nitro benzene ring substituents is 1. The molecule has 0 aliphatic heterocycles. The zero-order valence-electron chi connectivity index (χ0n) is 12.8. The molecule has 0 fully saturated rings. The molecule has 0 bridgehead atoms. The van der Waals surface area contributed by atoms with Crippen LogP contribution in [0.1, 0.15) is 21.9 Å². The third kappa shape index (κ3) is 3.94. The molecule has 1 N–H and O–H groups in total. The number of nitro benzene ring substituents is 1. The fraction of sp³-hybridized carbons (Fsp3) is 0.200. The van der Waals surface area contributed by atoms with Crippen molar-refractivity contribution in [3.8, 4) is 0 Å². The number of ether oxygens (including phenoxy) is 1. The first-order valence-electron chi connectivity index (χ1n) is 6.76. The van der Waals surface area contributed by atoms with E-state index in [-0.39, 0.29) is 16.9 Å². The number of rotatable bonds is 5. The van der Waals surface area contributed by atoms with Gasteiger partial charge in [-0.1, -0.05) is 0 Å². The summed E-state index contributed by atoms with van der Waals surface area (Å²) >= 11 is 0. The Morgan fingerprint density at radius 3 is 2.62 bits per heavy atom. The molecule has 0 saturated carbocycles. The Hall–Kier alpha value is -3.23. The second-order valence-electron chi connectivity index (χ2n) is 4.87. The quantitative estimate of drug-likeness (QED) is 0.510. The lowest BCUT2D eigenvalue weighted by Gasteiger charge is -2.07. The smallest absolute Gasteiger partial charge is 0.342 e. The van der Waals surface area contributed by atoms with Gasteiger partial charge in [-0.25, -0.2) is 9.18 Å². The van der Waals surface area contributed by atoms with Gasteiger partial charge in [0.2, 0.25) is 0 Å². The fourth-order valence-electron chi connectivity index (χ4n) is 1.95. The molecule has 8 nitrogen and oxygen atoms in total. The molecule has 0 aliphatic rings. The topological polar surface area (TPSA) is 112 Å². The lowest BCUT2D eigenvalue weighted by molar-refractivity contribution is -0.384. The van der Waals surface area contributed by atoms with Gasteiger partial charge in [-0.05, 0) is 26.0 Å². The van der Waals surface area contributed by atoms with Crippen LogP contribution < -0.4 is 5.32 Å². The number of hydrogen-bond donors (Lipinski definition) is 1. The number of nitrogens with one attached hydrogen (secondary N) is 1. The molecule has 0 atom stereocenters. The van der Waals surface area contributed by atoms with Gasteiger partial charge in [-0.3, -0.25) is 14.9 Å². The molecular weight excluding hydrogens is 323 g/mol. The van der Waals surface area contributed by atoms with Gasteiger partial charge in [0.15, 0.2) is 6.61 Å². The predicted molar refractivity (Wildman–Crippen MR) is 80.1 cm³/mol. The Bertz CT molecular complexity index is 814. The van der Waals surface area contributed by atoms with E-state index in [0.717, 1.165) is 18.2 Å². The predicted octanol–water partition coefficient (Wildman–Crippen LogP) is 2.74. The van der Waals surface area contributed by atoms with E-state index in [0.29, 0.717) is 11.5 Å². The molecule has 1 aromatic carbocycles. The largest absolute Gasteiger partial charge is 0.466 e. The summed E-state index contributed by atoms with van der Waals surface area (Å²) in [7, 11) is 0. The molecule has 1 amide bonds. The van der Waals surface area contributed by atoms with Crippen LogP contribution in [0.4, 0.5) is 15.8 Å². The molecule has 0 aliphatic carbocycles. The molecule has 1 heterocycles. The summed E-state index contributed by atoms with van der Waals surface area (Å²) in [6, 6.07) is 4.17. The maximum absolute atomic E-state index is 13.6. The van der Waals surface area contributed by atoms with Crippen molar-refractivity contribution >= 4 is 23.3 Å². The third-order valence-electron chi connectivity index (χ3n) is 3.03. The van der Waals surface area contributed by atoms with Crippen LogP contribution in [-0.4, -0.2) is 23.4 Å². The average molecular weight is 336 g/mol. The molecule has 0 radical (unpaired) electrons. The third-order valence-corrected chi connectivity index (χ3v) is 3.03. The Labute approximate surface area is 135 Å². The maximum atomic E-state index is 13.6. The highest BCUT2D eigenvalue weighted by molar-refractivity contribution is 5.96. The van der Waals surface area contributed by atoms with Gasteiger partial charge in [-0.2, -0.15) is 0 Å². The van der Waals surface area contributed by atoms with E-state index in [1.807, 2.05) is 0 Å². The van der Waals surface area contributed by atoms with Crippen LogP contribution in [0, 0.1) is 29.8 Å². The maximum Gasteiger partial charge on any atom is 0.342 e. The molecule has 0 saturated heterocycles. The van der Waals surface area contributed by atoms with Gasteiger partial charge >= 0.3 is 5.97 Å². The standard InChI is InChI=1S/C15H13FN2O6/c1-8-5-11(9(2)24-8)15(20)23-7-14(19)17-13-6-10(18(21)22)3-4-12(13)16/h3-6H,7H2,1-2H3,(H,17,19). The number of nitrogens with zero attached hydrogens (tertiary/aromatic N) is 1. The minimum absolute atomic E-state index is 0.182. The average Bonchev–Trinajstić information content (AvgIpc) is 2.85. The van der Waals surface area contributed by atoms with Crippen molar-refractivity contribution < 1.29 is 28.1 Å². The monoisotopic (exact) mass is 336 g/mol. The Morgan fingerprint density at radius 2 is 2.04 bits per heavy atom. The van der Waals surface area contributed by atoms with E-state index in [9.17, 15) is 24.1 Å². The first-order valence-corrected chi connectivity index (χ1v) is 6.76. The summed E-state index contributed by atoms with van der Waals surface area (Å²) in [6.07, 6.45) is 0. The number of carbonyl (C=O) groups is 2. The zero-order chi connectivity index (χ0) is 17.9. The number of furan rings is 1. The van der Waals surface area contributed by atoms with Crippen molar-refractivity contribution in [1.29, 1.82) is 0 Å². The van der Waals surface area contributed by atoms with Gasteiger partial charge < -0.3 is 14.5 Å². The van der Waals surface area contributed by atoms with Gasteiger partial charge in [0.25, 0.3) is 11.6 Å². The van der Waals surface area contributed by atoms with Gasteiger partial charge in [-0.15, -0.1) is 0 Å². The number of carbonyl (C=O) groups excluding carboxylic acids is 2. The van der Waals surface area contributed by atoms with Crippen LogP contribution in [0.3, 0.4) is 0 Å². The molecule has 24 heavy (non-hydrogen) atoms. The first-order chi connectivity index (χ1) is 11.3. The van der Waals surface area contributed by atoms with Crippen molar-refractivity contribution in [2.75, 3.05) is 11.9 Å². The minimum Gasteiger partial charge on any atom is -0.466 e. The van der Waals surface area contributed by atoms with Crippen LogP contribution in [0.2, 0.25) is 0 Å². The molecular formula is C15H13FN2O6. The second-order valence-corrected chi connectivity index (χ2v) is 4.87. The van der Waals surface area contributed by atoms with Crippen molar-refractivity contribution in [3.63, 3.8) is 0 Å². The molecule has 0 unspecified atom stereocenters. The number of esters is 1. The number of amides is 1. The molecule has 0 spiro atoms. The summed E-state index contributed by atoms with van der Waals surface area (Å²) < 4.78 is 23.5. The van der Waals surface area contributed by atoms with Gasteiger partial charge in [0.05, 0.1) is 10.6 Å². The number of benzene rings is 1. The molecule has 2 aromatic rings. The van der Waals surface area contributed by atoms with Gasteiger partial charge in [0.1, 0.15) is 22.9 Å². The number of halogens is 1. The van der Waals surface area contributed by atoms with Crippen molar-refractivity contribution in [2.24, 2.45) is 0 Å². The Morgan fingerprint density at radius 1 is 1.33 bits per heavy atom.